The molecule has 1 unspecified atom stereocenters. The zero-order valence-electron chi connectivity index (χ0n) is 15.3. The Morgan fingerprint density at radius 2 is 2.07 bits per heavy atom. The summed E-state index contributed by atoms with van der Waals surface area (Å²) in [5.74, 6) is 0.337. The van der Waals surface area contributed by atoms with Gasteiger partial charge >= 0.3 is 0 Å². The molecule has 2 fully saturated rings. The van der Waals surface area contributed by atoms with Crippen LogP contribution in [0, 0.1) is 0 Å². The normalized spacial score (nSPS) is 18.8. The zero-order valence-corrected chi connectivity index (χ0v) is 15.3. The molecule has 1 aliphatic heterocycles. The molecule has 6 heteroatoms. The summed E-state index contributed by atoms with van der Waals surface area (Å²) in [7, 11) is 0. The number of benzene rings is 1. The fourth-order valence-corrected chi connectivity index (χ4v) is 3.66. The molecule has 0 bridgehead atoms. The van der Waals surface area contributed by atoms with Crippen molar-refractivity contribution in [3.8, 4) is 5.75 Å². The summed E-state index contributed by atoms with van der Waals surface area (Å²) in [5.41, 5.74) is 1.87. The van der Waals surface area contributed by atoms with Gasteiger partial charge in [-0.15, -0.1) is 0 Å². The van der Waals surface area contributed by atoms with Gasteiger partial charge in [-0.25, -0.2) is 0 Å². The van der Waals surface area contributed by atoms with Crippen LogP contribution in [0.2, 0.25) is 0 Å². The van der Waals surface area contributed by atoms with Crippen LogP contribution >= 0.6 is 0 Å². The van der Waals surface area contributed by atoms with Crippen LogP contribution in [0.15, 0.2) is 48.8 Å². The number of nitrogens with zero attached hydrogens (tertiary/aromatic N) is 3. The van der Waals surface area contributed by atoms with Crippen LogP contribution in [-0.2, 0) is 16.1 Å². The number of carbonyl (C=O) groups is 1. The number of carbonyl (C=O) groups excluding carboxylic acids is 1. The van der Waals surface area contributed by atoms with Crippen molar-refractivity contribution in [1.82, 2.24) is 14.8 Å². The third-order valence-electron chi connectivity index (χ3n) is 5.18. The fourth-order valence-electron chi connectivity index (χ4n) is 3.66. The van der Waals surface area contributed by atoms with Crippen molar-refractivity contribution in [2.45, 2.75) is 31.5 Å². The Balaban J connectivity index is 1.61. The topological polar surface area (TPSA) is 65.9 Å². The largest absolute Gasteiger partial charge is 0.508 e. The highest BCUT2D eigenvalue weighted by Crippen LogP contribution is 2.33. The molecule has 2 heterocycles. The molecule has 2 aliphatic rings. The van der Waals surface area contributed by atoms with Gasteiger partial charge in [-0.05, 0) is 42.2 Å². The lowest BCUT2D eigenvalue weighted by molar-refractivity contribution is -0.140. The van der Waals surface area contributed by atoms with Gasteiger partial charge in [0.05, 0.1) is 13.2 Å². The van der Waals surface area contributed by atoms with Crippen LogP contribution in [0.3, 0.4) is 0 Å². The molecule has 6 nitrogen and oxygen atoms in total. The minimum atomic E-state index is -0.347. The summed E-state index contributed by atoms with van der Waals surface area (Å²) < 4.78 is 5.48. The average molecular weight is 367 g/mol. The third-order valence-corrected chi connectivity index (χ3v) is 5.18. The van der Waals surface area contributed by atoms with Gasteiger partial charge in [0.2, 0.25) is 5.91 Å². The first-order valence-corrected chi connectivity index (χ1v) is 9.52. The number of aromatic nitrogens is 1. The number of hydrogen-bond donors (Lipinski definition) is 1. The monoisotopic (exact) mass is 367 g/mol. The van der Waals surface area contributed by atoms with E-state index in [1.165, 1.54) is 0 Å². The highest BCUT2D eigenvalue weighted by atomic mass is 16.5. The summed E-state index contributed by atoms with van der Waals surface area (Å²) >= 11 is 0. The number of hydrogen-bond acceptors (Lipinski definition) is 5. The fraction of sp³-hybridized carbons (Fsp3) is 0.429. The smallest absolute Gasteiger partial charge is 0.245 e. The zero-order chi connectivity index (χ0) is 18.6. The van der Waals surface area contributed by atoms with E-state index in [0.717, 1.165) is 37.1 Å². The number of amides is 1. The molecule has 2 aromatic rings. The minimum absolute atomic E-state index is 0.107. The Morgan fingerprint density at radius 1 is 1.26 bits per heavy atom. The van der Waals surface area contributed by atoms with E-state index in [-0.39, 0.29) is 23.7 Å². The number of phenols is 1. The lowest BCUT2D eigenvalue weighted by atomic mass is 10.0. The molecule has 1 saturated carbocycles. The van der Waals surface area contributed by atoms with E-state index in [1.54, 1.807) is 24.5 Å². The van der Waals surface area contributed by atoms with E-state index >= 15 is 0 Å². The van der Waals surface area contributed by atoms with E-state index < -0.39 is 0 Å². The maximum Gasteiger partial charge on any atom is 0.245 e. The Hall–Kier alpha value is -2.44. The summed E-state index contributed by atoms with van der Waals surface area (Å²) in [4.78, 5) is 22.1. The lowest BCUT2D eigenvalue weighted by Gasteiger charge is -2.37. The molecule has 0 radical (unpaired) electrons. The maximum absolute atomic E-state index is 13.7. The second kappa shape index (κ2) is 8.06. The van der Waals surface area contributed by atoms with Gasteiger partial charge in [0.15, 0.2) is 0 Å². The average Bonchev–Trinajstić information content (AvgIpc) is 3.53. The predicted octanol–water partition coefficient (Wildman–Crippen LogP) is 2.35. The van der Waals surface area contributed by atoms with Crippen molar-refractivity contribution in [3.05, 3.63) is 59.9 Å². The summed E-state index contributed by atoms with van der Waals surface area (Å²) in [5, 5.41) is 9.78. The highest BCUT2D eigenvalue weighted by molar-refractivity contribution is 5.84. The molecular formula is C21H25N3O3. The molecule has 1 atom stereocenters. The van der Waals surface area contributed by atoms with Gasteiger partial charge in [0.1, 0.15) is 11.8 Å². The highest BCUT2D eigenvalue weighted by Gasteiger charge is 2.39. The van der Waals surface area contributed by atoms with Crippen LogP contribution in [0.1, 0.15) is 30.0 Å². The maximum atomic E-state index is 13.7. The van der Waals surface area contributed by atoms with Gasteiger partial charge in [-0.1, -0.05) is 18.2 Å². The number of aromatic hydroxyl groups is 1. The van der Waals surface area contributed by atoms with Crippen LogP contribution in [0.5, 0.6) is 5.75 Å². The van der Waals surface area contributed by atoms with Crippen LogP contribution in [0.25, 0.3) is 0 Å². The van der Waals surface area contributed by atoms with Gasteiger partial charge in [-0.2, -0.15) is 0 Å². The third kappa shape index (κ3) is 4.28. The first-order valence-electron chi connectivity index (χ1n) is 9.52. The molecular weight excluding hydrogens is 342 g/mol. The SMILES string of the molecule is O=C(C(c1cccnc1)N1CCOCC1)N(Cc1cccc(O)c1)C1CC1. The van der Waals surface area contributed by atoms with Gasteiger partial charge in [0.25, 0.3) is 0 Å². The van der Waals surface area contributed by atoms with E-state index in [1.807, 2.05) is 29.2 Å². The first kappa shape index (κ1) is 17.9. The summed E-state index contributed by atoms with van der Waals surface area (Å²) in [6, 6.07) is 10.9. The van der Waals surface area contributed by atoms with Crippen LogP contribution in [0.4, 0.5) is 0 Å². The van der Waals surface area contributed by atoms with Crippen LogP contribution < -0.4 is 0 Å². The molecule has 1 aromatic carbocycles. The van der Waals surface area contributed by atoms with Crippen molar-refractivity contribution < 1.29 is 14.6 Å². The minimum Gasteiger partial charge on any atom is -0.508 e. The molecule has 142 valence electrons. The van der Waals surface area contributed by atoms with Crippen molar-refractivity contribution >= 4 is 5.91 Å². The van der Waals surface area contributed by atoms with Crippen molar-refractivity contribution in [2.75, 3.05) is 26.3 Å². The van der Waals surface area contributed by atoms with Crippen molar-refractivity contribution in [3.63, 3.8) is 0 Å². The molecule has 4 rings (SSSR count). The lowest BCUT2D eigenvalue weighted by Crippen LogP contribution is -2.47. The predicted molar refractivity (Wildman–Crippen MR) is 101 cm³/mol. The number of phenolic OH excluding ortho intramolecular Hbond substituents is 1. The van der Waals surface area contributed by atoms with E-state index in [9.17, 15) is 9.90 Å². The van der Waals surface area contributed by atoms with Crippen LogP contribution in [-0.4, -0.2) is 58.1 Å². The number of rotatable bonds is 6. The van der Waals surface area contributed by atoms with E-state index in [0.29, 0.717) is 19.8 Å². The Morgan fingerprint density at radius 3 is 2.74 bits per heavy atom. The Labute approximate surface area is 159 Å². The molecule has 0 spiro atoms. The van der Waals surface area contributed by atoms with Gasteiger partial charge in [-0.3, -0.25) is 14.7 Å². The van der Waals surface area contributed by atoms with Gasteiger partial charge in [0, 0.05) is 38.1 Å². The Bertz CT molecular complexity index is 773. The standard InChI is InChI=1S/C21H25N3O3/c25-19-5-1-3-16(13-19)15-24(18-6-7-18)21(26)20(17-4-2-8-22-14-17)23-9-11-27-12-10-23/h1-5,8,13-14,18,20,25H,6-7,9-12,15H2. The second-order valence-corrected chi connectivity index (χ2v) is 7.20. The summed E-state index contributed by atoms with van der Waals surface area (Å²) in [6.07, 6.45) is 5.59. The number of ether oxygens (including phenoxy) is 1. The number of morpholine rings is 1. The number of pyridine rings is 1. The quantitative estimate of drug-likeness (QED) is 0.849. The van der Waals surface area contributed by atoms with Crippen molar-refractivity contribution in [1.29, 1.82) is 0 Å². The first-order chi connectivity index (χ1) is 13.2. The molecule has 1 amide bonds. The second-order valence-electron chi connectivity index (χ2n) is 7.20. The van der Waals surface area contributed by atoms with E-state index in [2.05, 4.69) is 9.88 Å². The van der Waals surface area contributed by atoms with Crippen molar-refractivity contribution in [2.24, 2.45) is 0 Å². The Kier molecular flexibility index (Phi) is 5.36. The molecule has 1 aliphatic carbocycles. The molecule has 1 saturated heterocycles. The van der Waals surface area contributed by atoms with E-state index in [4.69, 9.17) is 4.74 Å². The molecule has 1 N–H and O–H groups in total. The molecule has 27 heavy (non-hydrogen) atoms. The van der Waals surface area contributed by atoms with Gasteiger partial charge < -0.3 is 14.7 Å². The molecule has 1 aromatic heterocycles. The summed E-state index contributed by atoms with van der Waals surface area (Å²) in [6.45, 7) is 3.25.